The van der Waals surface area contributed by atoms with Crippen molar-refractivity contribution in [2.45, 2.75) is 26.7 Å². The number of ketones is 1. The Morgan fingerprint density at radius 3 is 2.50 bits per heavy atom. The van der Waals surface area contributed by atoms with E-state index < -0.39 is 0 Å². The maximum atomic E-state index is 11.9. The van der Waals surface area contributed by atoms with E-state index in [4.69, 9.17) is 4.74 Å². The molecule has 0 aliphatic carbocycles. The predicted octanol–water partition coefficient (Wildman–Crippen LogP) is 2.20. The normalized spacial score (nSPS) is 10.0. The van der Waals surface area contributed by atoms with Crippen molar-refractivity contribution in [2.24, 2.45) is 0 Å². The van der Waals surface area contributed by atoms with E-state index in [2.05, 4.69) is 0 Å². The van der Waals surface area contributed by atoms with Gasteiger partial charge in [0, 0.05) is 7.05 Å². The van der Waals surface area contributed by atoms with Gasteiger partial charge in [0.1, 0.15) is 11.5 Å². The van der Waals surface area contributed by atoms with E-state index in [9.17, 15) is 9.59 Å². The van der Waals surface area contributed by atoms with Crippen LogP contribution in [0.15, 0.2) is 18.2 Å². The minimum atomic E-state index is -0.228. The summed E-state index contributed by atoms with van der Waals surface area (Å²) in [6.07, 6.45) is 0.793. The lowest BCUT2D eigenvalue weighted by Gasteiger charge is -2.20. The molecule has 1 aromatic rings. The number of hydrogen-bond donors (Lipinski definition) is 0. The van der Waals surface area contributed by atoms with Crippen molar-refractivity contribution >= 4 is 17.4 Å². The van der Waals surface area contributed by atoms with Crippen LogP contribution in [0.25, 0.3) is 0 Å². The molecule has 0 aliphatic heterocycles. The molecule has 0 spiro atoms. The van der Waals surface area contributed by atoms with Crippen LogP contribution in [0.5, 0.6) is 5.75 Å². The Morgan fingerprint density at radius 2 is 2.00 bits per heavy atom. The molecule has 4 nitrogen and oxygen atoms in total. The first-order valence-electron chi connectivity index (χ1n) is 5.92. The summed E-state index contributed by atoms with van der Waals surface area (Å²) in [4.78, 5) is 24.3. The summed E-state index contributed by atoms with van der Waals surface area (Å²) in [7, 11) is 3.22. The molecule has 18 heavy (non-hydrogen) atoms. The minimum absolute atomic E-state index is 0.0873. The van der Waals surface area contributed by atoms with E-state index in [1.54, 1.807) is 14.2 Å². The molecule has 1 aromatic carbocycles. The fourth-order valence-corrected chi connectivity index (χ4v) is 1.68. The Morgan fingerprint density at radius 1 is 1.33 bits per heavy atom. The minimum Gasteiger partial charge on any atom is -0.495 e. The van der Waals surface area contributed by atoms with E-state index in [1.165, 1.54) is 11.8 Å². The average molecular weight is 249 g/mol. The van der Waals surface area contributed by atoms with Crippen LogP contribution in [0, 0.1) is 0 Å². The first-order chi connectivity index (χ1) is 8.49. The van der Waals surface area contributed by atoms with Crippen molar-refractivity contribution in [3.63, 3.8) is 0 Å². The maximum Gasteiger partial charge on any atom is 0.234 e. The zero-order valence-electron chi connectivity index (χ0n) is 11.3. The van der Waals surface area contributed by atoms with E-state index in [1.807, 2.05) is 25.1 Å². The number of amides is 1. The van der Waals surface area contributed by atoms with Crippen molar-refractivity contribution in [3.8, 4) is 5.75 Å². The van der Waals surface area contributed by atoms with E-state index in [0.29, 0.717) is 11.4 Å². The molecule has 1 rings (SSSR count). The van der Waals surface area contributed by atoms with Crippen LogP contribution >= 0.6 is 0 Å². The third-order valence-corrected chi connectivity index (χ3v) is 2.79. The highest BCUT2D eigenvalue weighted by Gasteiger charge is 2.16. The number of anilines is 1. The molecule has 0 fully saturated rings. The zero-order chi connectivity index (χ0) is 13.7. The number of benzene rings is 1. The lowest BCUT2D eigenvalue weighted by atomic mass is 10.1. The summed E-state index contributed by atoms with van der Waals surface area (Å²) in [5, 5.41) is 0. The van der Waals surface area contributed by atoms with Crippen molar-refractivity contribution < 1.29 is 14.3 Å². The Balaban J connectivity index is 3.05. The highest BCUT2D eigenvalue weighted by molar-refractivity contribution is 6.05. The number of hydrogen-bond acceptors (Lipinski definition) is 3. The zero-order valence-corrected chi connectivity index (χ0v) is 11.3. The third-order valence-electron chi connectivity index (χ3n) is 2.79. The van der Waals surface area contributed by atoms with Gasteiger partial charge in [-0.25, -0.2) is 0 Å². The second kappa shape index (κ2) is 6.19. The number of nitrogens with zero attached hydrogens (tertiary/aromatic N) is 1. The molecule has 0 saturated heterocycles. The predicted molar refractivity (Wildman–Crippen MR) is 71.1 cm³/mol. The van der Waals surface area contributed by atoms with Gasteiger partial charge in [0.05, 0.1) is 19.2 Å². The topological polar surface area (TPSA) is 46.6 Å². The fraction of sp³-hybridized carbons (Fsp3) is 0.429. The van der Waals surface area contributed by atoms with Crippen LogP contribution in [0.3, 0.4) is 0 Å². The molecular weight excluding hydrogens is 230 g/mol. The van der Waals surface area contributed by atoms with Crippen LogP contribution < -0.4 is 9.64 Å². The highest BCUT2D eigenvalue weighted by Crippen LogP contribution is 2.29. The van der Waals surface area contributed by atoms with Crippen LogP contribution in [-0.4, -0.2) is 25.8 Å². The summed E-state index contributed by atoms with van der Waals surface area (Å²) >= 11 is 0. The van der Waals surface area contributed by atoms with E-state index in [0.717, 1.165) is 12.0 Å². The highest BCUT2D eigenvalue weighted by atomic mass is 16.5. The molecule has 0 bridgehead atoms. The number of ether oxygens (including phenoxy) is 1. The van der Waals surface area contributed by atoms with Crippen molar-refractivity contribution in [1.29, 1.82) is 0 Å². The van der Waals surface area contributed by atoms with Crippen LogP contribution in [0.2, 0.25) is 0 Å². The molecule has 0 heterocycles. The lowest BCUT2D eigenvalue weighted by Crippen LogP contribution is -2.28. The van der Waals surface area contributed by atoms with E-state index in [-0.39, 0.29) is 18.1 Å². The fourth-order valence-electron chi connectivity index (χ4n) is 1.68. The van der Waals surface area contributed by atoms with Crippen LogP contribution in [-0.2, 0) is 16.0 Å². The second-order valence-electron chi connectivity index (χ2n) is 4.19. The summed E-state index contributed by atoms with van der Waals surface area (Å²) in [6.45, 7) is 3.45. The largest absolute Gasteiger partial charge is 0.495 e. The Kier molecular flexibility index (Phi) is 4.89. The van der Waals surface area contributed by atoms with Gasteiger partial charge in [0.15, 0.2) is 0 Å². The molecule has 4 heteroatoms. The SMILES string of the molecule is CCc1ccc(OC)c(N(C)C(=O)CC(C)=O)c1. The molecule has 0 aromatic heterocycles. The monoisotopic (exact) mass is 249 g/mol. The van der Waals surface area contributed by atoms with E-state index >= 15 is 0 Å². The Labute approximate surface area is 108 Å². The van der Waals surface area contributed by atoms with Gasteiger partial charge in [-0.05, 0) is 31.0 Å². The van der Waals surface area contributed by atoms with Gasteiger partial charge < -0.3 is 9.64 Å². The number of carbonyl (C=O) groups excluding carboxylic acids is 2. The summed E-state index contributed by atoms with van der Waals surface area (Å²) in [5.41, 5.74) is 1.82. The quantitative estimate of drug-likeness (QED) is 0.751. The van der Waals surface area contributed by atoms with Gasteiger partial charge in [-0.3, -0.25) is 9.59 Å². The van der Waals surface area contributed by atoms with Gasteiger partial charge in [-0.2, -0.15) is 0 Å². The molecular formula is C14H19NO3. The lowest BCUT2D eigenvalue weighted by molar-refractivity contribution is -0.125. The van der Waals surface area contributed by atoms with Crippen molar-refractivity contribution in [1.82, 2.24) is 0 Å². The first kappa shape index (κ1) is 14.2. The molecule has 0 radical (unpaired) electrons. The molecule has 0 saturated carbocycles. The molecule has 0 aliphatic rings. The molecule has 0 N–H and O–H groups in total. The molecule has 0 unspecified atom stereocenters. The van der Waals surface area contributed by atoms with Gasteiger partial charge in [-0.15, -0.1) is 0 Å². The van der Waals surface area contributed by atoms with Crippen LogP contribution in [0.4, 0.5) is 5.69 Å². The molecule has 0 atom stereocenters. The summed E-state index contributed by atoms with van der Waals surface area (Å²) in [6, 6.07) is 5.72. The summed E-state index contributed by atoms with van der Waals surface area (Å²) in [5.74, 6) is 0.262. The number of carbonyl (C=O) groups is 2. The second-order valence-corrected chi connectivity index (χ2v) is 4.19. The number of rotatable bonds is 5. The first-order valence-corrected chi connectivity index (χ1v) is 5.92. The molecule has 98 valence electrons. The van der Waals surface area contributed by atoms with Gasteiger partial charge in [-0.1, -0.05) is 13.0 Å². The van der Waals surface area contributed by atoms with Crippen LogP contribution in [0.1, 0.15) is 25.8 Å². The number of aryl methyl sites for hydroxylation is 1. The maximum absolute atomic E-state index is 11.9. The average Bonchev–Trinajstić information content (AvgIpc) is 2.36. The van der Waals surface area contributed by atoms with Gasteiger partial charge in [0.2, 0.25) is 5.91 Å². The standard InChI is InChI=1S/C14H19NO3/c1-5-11-6-7-13(18-4)12(9-11)15(3)14(17)8-10(2)16/h6-7,9H,5,8H2,1-4H3. The smallest absolute Gasteiger partial charge is 0.234 e. The third kappa shape index (κ3) is 3.32. The van der Waals surface area contributed by atoms with Gasteiger partial charge in [0.25, 0.3) is 0 Å². The Bertz CT molecular complexity index is 454. The number of Topliss-reactive ketones (excluding diaryl/α,β-unsaturated/α-hetero) is 1. The number of methoxy groups -OCH3 is 1. The van der Waals surface area contributed by atoms with Gasteiger partial charge >= 0.3 is 0 Å². The summed E-state index contributed by atoms with van der Waals surface area (Å²) < 4.78 is 5.24. The molecule has 1 amide bonds. The van der Waals surface area contributed by atoms with Crippen molar-refractivity contribution in [3.05, 3.63) is 23.8 Å². The van der Waals surface area contributed by atoms with Crippen molar-refractivity contribution in [2.75, 3.05) is 19.1 Å². The Hall–Kier alpha value is -1.84.